The topological polar surface area (TPSA) is 83.5 Å². The third-order valence-corrected chi connectivity index (χ3v) is 5.35. The highest BCUT2D eigenvalue weighted by Crippen LogP contribution is 2.56. The highest BCUT2D eigenvalue weighted by Gasteiger charge is 2.55. The summed E-state index contributed by atoms with van der Waals surface area (Å²) in [5, 5.41) is 10.4. The van der Waals surface area contributed by atoms with E-state index in [1.54, 1.807) is 19.2 Å². The second-order valence-corrected chi connectivity index (χ2v) is 6.57. The van der Waals surface area contributed by atoms with Crippen LogP contribution in [0.15, 0.2) is 18.2 Å². The zero-order chi connectivity index (χ0) is 19.3. The molecule has 1 atom stereocenters. The van der Waals surface area contributed by atoms with Gasteiger partial charge in [0.25, 0.3) is 0 Å². The van der Waals surface area contributed by atoms with Crippen molar-refractivity contribution in [3.8, 4) is 34.5 Å². The highest BCUT2D eigenvalue weighted by molar-refractivity contribution is 6.11. The van der Waals surface area contributed by atoms with Crippen LogP contribution < -0.4 is 23.7 Å². The molecular formula is C20H20O7. The average Bonchev–Trinajstić information content (AvgIpc) is 2.67. The van der Waals surface area contributed by atoms with Crippen molar-refractivity contribution in [1.82, 2.24) is 0 Å². The summed E-state index contributed by atoms with van der Waals surface area (Å²) in [4.78, 5) is 13.4. The lowest BCUT2D eigenvalue weighted by Gasteiger charge is -2.45. The maximum Gasteiger partial charge on any atom is 0.203 e. The van der Waals surface area contributed by atoms with E-state index in [0.29, 0.717) is 35.2 Å². The molecule has 7 heteroatoms. The Labute approximate surface area is 156 Å². The van der Waals surface area contributed by atoms with Gasteiger partial charge in [-0.05, 0) is 18.1 Å². The number of phenols is 1. The number of fused-ring (bicyclic) bond motifs is 3. The van der Waals surface area contributed by atoms with Crippen LogP contribution in [0.4, 0.5) is 0 Å². The average molecular weight is 372 g/mol. The van der Waals surface area contributed by atoms with Crippen LogP contribution >= 0.6 is 0 Å². The first-order chi connectivity index (χ1) is 13.0. The zero-order valence-corrected chi connectivity index (χ0v) is 15.5. The quantitative estimate of drug-likeness (QED) is 0.883. The number of methoxy groups -OCH3 is 4. The van der Waals surface area contributed by atoms with Gasteiger partial charge in [0.15, 0.2) is 17.3 Å². The summed E-state index contributed by atoms with van der Waals surface area (Å²) in [5.41, 5.74) is 0.925. The van der Waals surface area contributed by atoms with Crippen molar-refractivity contribution < 1.29 is 33.6 Å². The number of aromatic hydroxyl groups is 1. The molecule has 0 aromatic heterocycles. The molecule has 2 aromatic rings. The lowest BCUT2D eigenvalue weighted by Crippen LogP contribution is -2.53. The van der Waals surface area contributed by atoms with E-state index in [1.807, 2.05) is 0 Å². The predicted octanol–water partition coefficient (Wildman–Crippen LogP) is 2.50. The van der Waals surface area contributed by atoms with E-state index in [0.717, 1.165) is 11.1 Å². The van der Waals surface area contributed by atoms with E-state index in [2.05, 4.69) is 0 Å². The summed E-state index contributed by atoms with van der Waals surface area (Å²) >= 11 is 0. The molecule has 7 nitrogen and oxygen atoms in total. The van der Waals surface area contributed by atoms with Crippen molar-refractivity contribution in [3.63, 3.8) is 0 Å². The van der Waals surface area contributed by atoms with Crippen LogP contribution in [0.5, 0.6) is 34.5 Å². The number of hydrogen-bond donors (Lipinski definition) is 1. The van der Waals surface area contributed by atoms with Gasteiger partial charge in [-0.1, -0.05) is 0 Å². The number of hydrogen-bond acceptors (Lipinski definition) is 7. The van der Waals surface area contributed by atoms with Crippen LogP contribution in [0.3, 0.4) is 0 Å². The maximum atomic E-state index is 13.4. The molecule has 0 saturated carbocycles. The van der Waals surface area contributed by atoms with E-state index in [9.17, 15) is 9.90 Å². The smallest absolute Gasteiger partial charge is 0.203 e. The van der Waals surface area contributed by atoms with Gasteiger partial charge in [-0.3, -0.25) is 4.79 Å². The Morgan fingerprint density at radius 2 is 1.74 bits per heavy atom. The Hall–Kier alpha value is -3.09. The van der Waals surface area contributed by atoms with E-state index in [1.165, 1.54) is 27.4 Å². The Morgan fingerprint density at radius 1 is 1.00 bits per heavy atom. The summed E-state index contributed by atoms with van der Waals surface area (Å²) in [6.07, 6.45) is 0.426. The first kappa shape index (κ1) is 17.3. The maximum absolute atomic E-state index is 13.4. The van der Waals surface area contributed by atoms with Crippen molar-refractivity contribution in [3.05, 3.63) is 34.9 Å². The van der Waals surface area contributed by atoms with Crippen molar-refractivity contribution >= 4 is 5.78 Å². The standard InChI is InChI=1S/C20H20O7/c1-23-10-5-13(21)16-14(6-10)27-9-20(19(16)22)8-11-12(20)7-15(24-2)18(26-4)17(11)25-3/h5-7,21H,8-9H2,1-4H3/t20-/m0/s1. The number of Topliss-reactive ketones (excluding diaryl/α,β-unsaturated/α-hetero) is 1. The van der Waals surface area contributed by atoms with Crippen molar-refractivity contribution in [2.24, 2.45) is 0 Å². The molecule has 0 radical (unpaired) electrons. The zero-order valence-electron chi connectivity index (χ0n) is 15.5. The molecule has 0 fully saturated rings. The molecule has 1 aliphatic carbocycles. The number of carbonyl (C=O) groups is 1. The Bertz CT molecular complexity index is 950. The molecule has 0 amide bonds. The van der Waals surface area contributed by atoms with Gasteiger partial charge in [0, 0.05) is 17.7 Å². The van der Waals surface area contributed by atoms with E-state index >= 15 is 0 Å². The number of benzene rings is 2. The third kappa shape index (κ3) is 2.17. The summed E-state index contributed by atoms with van der Waals surface area (Å²) in [7, 11) is 6.11. The number of phenolic OH excluding ortho intramolecular Hbond substituents is 1. The van der Waals surface area contributed by atoms with Gasteiger partial charge in [0.2, 0.25) is 5.75 Å². The van der Waals surface area contributed by atoms with Gasteiger partial charge in [0.1, 0.15) is 29.4 Å². The highest BCUT2D eigenvalue weighted by atomic mass is 16.5. The van der Waals surface area contributed by atoms with E-state index < -0.39 is 5.41 Å². The number of ether oxygens (including phenoxy) is 5. The second-order valence-electron chi connectivity index (χ2n) is 6.57. The molecule has 4 rings (SSSR count). The normalized spacial score (nSPS) is 19.5. The molecule has 0 unspecified atom stereocenters. The van der Waals surface area contributed by atoms with Crippen molar-refractivity contribution in [1.29, 1.82) is 0 Å². The molecule has 1 aliphatic heterocycles. The van der Waals surface area contributed by atoms with Crippen molar-refractivity contribution in [2.75, 3.05) is 35.0 Å². The second kappa shape index (κ2) is 5.97. The minimum absolute atomic E-state index is 0.158. The molecule has 27 heavy (non-hydrogen) atoms. The number of carbonyl (C=O) groups excluding carboxylic acids is 1. The summed E-state index contributed by atoms with van der Waals surface area (Å²) in [5.74, 6) is 1.92. The number of ketones is 1. The molecule has 2 aromatic carbocycles. The summed E-state index contributed by atoms with van der Waals surface area (Å²) in [6.45, 7) is 0.164. The van der Waals surface area contributed by atoms with E-state index in [4.69, 9.17) is 23.7 Å². The van der Waals surface area contributed by atoms with Crippen LogP contribution in [-0.4, -0.2) is 45.9 Å². The lowest BCUT2D eigenvalue weighted by atomic mass is 9.59. The SMILES string of the molecule is COc1cc(O)c2c(c1)OC[C@]1(Cc3c1cc(OC)c(OC)c3OC)C2=O. The van der Waals surface area contributed by atoms with Crippen LogP contribution in [0.25, 0.3) is 0 Å². The summed E-state index contributed by atoms with van der Waals surface area (Å²) < 4.78 is 27.3. The van der Waals surface area contributed by atoms with Gasteiger partial charge in [-0.15, -0.1) is 0 Å². The van der Waals surface area contributed by atoms with Crippen molar-refractivity contribution in [2.45, 2.75) is 11.8 Å². The predicted molar refractivity (Wildman–Crippen MR) is 96.0 cm³/mol. The van der Waals surface area contributed by atoms with Crippen LogP contribution in [0.2, 0.25) is 0 Å². The van der Waals surface area contributed by atoms with Gasteiger partial charge in [0.05, 0.1) is 33.9 Å². The van der Waals surface area contributed by atoms with Gasteiger partial charge in [-0.25, -0.2) is 0 Å². The molecule has 142 valence electrons. The Kier molecular flexibility index (Phi) is 3.83. The Morgan fingerprint density at radius 3 is 2.37 bits per heavy atom. The monoisotopic (exact) mass is 372 g/mol. The molecule has 1 spiro atoms. The number of rotatable bonds is 4. The lowest BCUT2D eigenvalue weighted by molar-refractivity contribution is 0.0719. The fraction of sp³-hybridized carbons (Fsp3) is 0.350. The molecule has 0 bridgehead atoms. The first-order valence-electron chi connectivity index (χ1n) is 8.41. The Balaban J connectivity index is 1.85. The molecule has 2 aliphatic rings. The van der Waals surface area contributed by atoms with Gasteiger partial charge < -0.3 is 28.8 Å². The van der Waals surface area contributed by atoms with Crippen LogP contribution in [0.1, 0.15) is 21.5 Å². The molecule has 1 N–H and O–H groups in total. The van der Waals surface area contributed by atoms with E-state index in [-0.39, 0.29) is 23.7 Å². The fourth-order valence-corrected chi connectivity index (χ4v) is 3.98. The molecule has 1 heterocycles. The van der Waals surface area contributed by atoms with Crippen LogP contribution in [0, 0.1) is 0 Å². The van der Waals surface area contributed by atoms with Gasteiger partial charge >= 0.3 is 0 Å². The van der Waals surface area contributed by atoms with Gasteiger partial charge in [-0.2, -0.15) is 0 Å². The fourth-order valence-electron chi connectivity index (χ4n) is 3.98. The minimum Gasteiger partial charge on any atom is -0.507 e. The first-order valence-corrected chi connectivity index (χ1v) is 8.41. The van der Waals surface area contributed by atoms with Crippen LogP contribution in [-0.2, 0) is 11.8 Å². The largest absolute Gasteiger partial charge is 0.507 e. The molecular weight excluding hydrogens is 352 g/mol. The minimum atomic E-state index is -0.888. The third-order valence-electron chi connectivity index (χ3n) is 5.35. The molecule has 0 saturated heterocycles. The summed E-state index contributed by atoms with van der Waals surface area (Å²) in [6, 6.07) is 4.80.